The van der Waals surface area contributed by atoms with Gasteiger partial charge in [0.2, 0.25) is 0 Å². The Bertz CT molecular complexity index is 427. The Morgan fingerprint density at radius 2 is 2.22 bits per heavy atom. The van der Waals surface area contributed by atoms with Crippen molar-refractivity contribution in [2.75, 3.05) is 11.9 Å². The van der Waals surface area contributed by atoms with E-state index in [9.17, 15) is 0 Å². The second-order valence-corrected chi connectivity index (χ2v) is 5.87. The molecule has 1 aromatic heterocycles. The van der Waals surface area contributed by atoms with Crippen molar-refractivity contribution in [3.8, 4) is 0 Å². The van der Waals surface area contributed by atoms with Gasteiger partial charge in [0, 0.05) is 11.4 Å². The third-order valence-electron chi connectivity index (χ3n) is 3.50. The van der Waals surface area contributed by atoms with Gasteiger partial charge in [-0.05, 0) is 25.0 Å². The van der Waals surface area contributed by atoms with Gasteiger partial charge in [-0.15, -0.1) is 0 Å². The Kier molecular flexibility index (Phi) is 4.64. The van der Waals surface area contributed by atoms with Gasteiger partial charge in [0.1, 0.15) is 0 Å². The van der Waals surface area contributed by atoms with Gasteiger partial charge in [0.05, 0.1) is 17.9 Å². The van der Waals surface area contributed by atoms with E-state index in [1.54, 1.807) is 0 Å². The van der Waals surface area contributed by atoms with E-state index in [-0.39, 0.29) is 0 Å². The van der Waals surface area contributed by atoms with Crippen molar-refractivity contribution < 1.29 is 0 Å². The van der Waals surface area contributed by atoms with Crippen LogP contribution in [0.2, 0.25) is 0 Å². The Hall–Kier alpha value is -1.03. The smallest absolute Gasteiger partial charge is 0.161 e. The topological polar surface area (TPSA) is 37.3 Å². The lowest BCUT2D eigenvalue weighted by Crippen LogP contribution is -2.17. The quantitative estimate of drug-likeness (QED) is 0.899. The van der Waals surface area contributed by atoms with Crippen LogP contribution in [0.4, 0.5) is 5.69 Å². The fourth-order valence-electron chi connectivity index (χ4n) is 2.25. The average Bonchev–Trinajstić information content (AvgIpc) is 2.82. The molecule has 18 heavy (non-hydrogen) atoms. The van der Waals surface area contributed by atoms with E-state index in [4.69, 9.17) is 0 Å². The Morgan fingerprint density at radius 3 is 2.89 bits per heavy atom. The zero-order valence-corrected chi connectivity index (χ0v) is 12.1. The number of pyridine rings is 1. The molecule has 1 aliphatic rings. The van der Waals surface area contributed by atoms with Crippen molar-refractivity contribution >= 4 is 22.6 Å². The first kappa shape index (κ1) is 13.4. The van der Waals surface area contributed by atoms with E-state index >= 15 is 0 Å². The Labute approximate surface area is 113 Å². The molecular weight excluding hydrogens is 242 g/mol. The fourth-order valence-corrected chi connectivity index (χ4v) is 3.58. The highest BCUT2D eigenvalue weighted by Crippen LogP contribution is 2.31. The van der Waals surface area contributed by atoms with Gasteiger partial charge in [0.15, 0.2) is 5.17 Å². The molecule has 0 bridgehead atoms. The molecule has 0 aromatic carbocycles. The summed E-state index contributed by atoms with van der Waals surface area (Å²) in [7, 11) is 0. The summed E-state index contributed by atoms with van der Waals surface area (Å²) < 4.78 is 0. The predicted octanol–water partition coefficient (Wildman–Crippen LogP) is 3.71. The minimum absolute atomic E-state index is 0.638. The molecule has 1 N–H and O–H groups in total. The van der Waals surface area contributed by atoms with Crippen LogP contribution in [0.5, 0.6) is 0 Å². The maximum absolute atomic E-state index is 4.61. The van der Waals surface area contributed by atoms with Gasteiger partial charge < -0.3 is 5.32 Å². The van der Waals surface area contributed by atoms with Crippen molar-refractivity contribution in [2.45, 2.75) is 38.9 Å². The highest BCUT2D eigenvalue weighted by Gasteiger charge is 2.26. The number of thioether (sulfide) groups is 1. The van der Waals surface area contributed by atoms with Crippen LogP contribution >= 0.6 is 11.8 Å². The molecule has 0 aliphatic carbocycles. The zero-order chi connectivity index (χ0) is 13.0. The summed E-state index contributed by atoms with van der Waals surface area (Å²) in [6.45, 7) is 7.50. The highest BCUT2D eigenvalue weighted by atomic mass is 32.2. The van der Waals surface area contributed by atoms with Gasteiger partial charge in [-0.3, -0.25) is 9.98 Å². The van der Waals surface area contributed by atoms with Gasteiger partial charge >= 0.3 is 0 Å². The lowest BCUT2D eigenvalue weighted by atomic mass is 9.99. The fraction of sp³-hybridized carbons (Fsp3) is 0.571. The Morgan fingerprint density at radius 1 is 1.44 bits per heavy atom. The summed E-state index contributed by atoms with van der Waals surface area (Å²) in [5.74, 6) is 0.771. The minimum atomic E-state index is 0.638. The van der Waals surface area contributed by atoms with Crippen molar-refractivity contribution in [1.29, 1.82) is 0 Å². The standard InChI is InChI=1S/C14H21N3S/c1-4-11(5-2)13-9-16-14(18-13)17-12-7-6-8-15-10(12)3/h6-8,11,13H,4-5,9H2,1-3H3,(H,16,17). The van der Waals surface area contributed by atoms with Gasteiger partial charge in [-0.2, -0.15) is 0 Å². The first-order valence-corrected chi connectivity index (χ1v) is 7.52. The number of hydrogen-bond donors (Lipinski definition) is 1. The van der Waals surface area contributed by atoms with Crippen LogP contribution in [-0.4, -0.2) is 21.9 Å². The molecule has 1 aliphatic heterocycles. The van der Waals surface area contributed by atoms with Crippen LogP contribution in [-0.2, 0) is 0 Å². The number of amidine groups is 1. The van der Waals surface area contributed by atoms with Crippen LogP contribution in [0.3, 0.4) is 0 Å². The molecule has 0 amide bonds. The summed E-state index contributed by atoms with van der Waals surface area (Å²) >= 11 is 1.88. The lowest BCUT2D eigenvalue weighted by molar-refractivity contribution is 0.479. The third kappa shape index (κ3) is 3.05. The number of nitrogens with zero attached hydrogens (tertiary/aromatic N) is 2. The van der Waals surface area contributed by atoms with Crippen molar-refractivity contribution in [2.24, 2.45) is 10.9 Å². The summed E-state index contributed by atoms with van der Waals surface area (Å²) in [4.78, 5) is 8.89. The maximum atomic E-state index is 4.61. The molecule has 1 aromatic rings. The van der Waals surface area contributed by atoms with Crippen LogP contribution in [0.1, 0.15) is 32.4 Å². The molecule has 0 radical (unpaired) electrons. The second kappa shape index (κ2) is 6.23. The molecule has 3 nitrogen and oxygen atoms in total. The SMILES string of the molecule is CCC(CC)C1CN=C(Nc2cccnc2C)S1. The van der Waals surface area contributed by atoms with Gasteiger partial charge in [0.25, 0.3) is 0 Å². The van der Waals surface area contributed by atoms with Crippen molar-refractivity contribution in [3.63, 3.8) is 0 Å². The molecule has 98 valence electrons. The monoisotopic (exact) mass is 263 g/mol. The normalized spacial score (nSPS) is 19.1. The summed E-state index contributed by atoms with van der Waals surface area (Å²) in [6.07, 6.45) is 4.29. The number of aliphatic imine (C=N–C) groups is 1. The van der Waals surface area contributed by atoms with Gasteiger partial charge in [-0.25, -0.2) is 0 Å². The molecule has 1 atom stereocenters. The van der Waals surface area contributed by atoms with E-state index in [2.05, 4.69) is 35.2 Å². The molecule has 0 fully saturated rings. The predicted molar refractivity (Wildman–Crippen MR) is 80.3 cm³/mol. The number of aromatic nitrogens is 1. The van der Waals surface area contributed by atoms with E-state index in [0.717, 1.165) is 29.0 Å². The molecule has 0 saturated carbocycles. The summed E-state index contributed by atoms with van der Waals surface area (Å²) in [6, 6.07) is 4.00. The zero-order valence-electron chi connectivity index (χ0n) is 11.3. The Balaban J connectivity index is 1.95. The first-order chi connectivity index (χ1) is 8.74. The van der Waals surface area contributed by atoms with E-state index < -0.39 is 0 Å². The van der Waals surface area contributed by atoms with Gasteiger partial charge in [-0.1, -0.05) is 38.5 Å². The molecule has 0 saturated heterocycles. The van der Waals surface area contributed by atoms with Crippen LogP contribution in [0.15, 0.2) is 23.3 Å². The largest absolute Gasteiger partial charge is 0.333 e. The maximum Gasteiger partial charge on any atom is 0.161 e. The van der Waals surface area contributed by atoms with Crippen LogP contribution in [0, 0.1) is 12.8 Å². The number of aryl methyl sites for hydroxylation is 1. The van der Waals surface area contributed by atoms with E-state index in [1.165, 1.54) is 12.8 Å². The first-order valence-electron chi connectivity index (χ1n) is 6.64. The van der Waals surface area contributed by atoms with Crippen LogP contribution < -0.4 is 5.32 Å². The van der Waals surface area contributed by atoms with E-state index in [1.807, 2.05) is 30.9 Å². The molecule has 0 spiro atoms. The number of hydrogen-bond acceptors (Lipinski definition) is 4. The van der Waals surface area contributed by atoms with Crippen LogP contribution in [0.25, 0.3) is 0 Å². The van der Waals surface area contributed by atoms with Crippen molar-refractivity contribution in [3.05, 3.63) is 24.0 Å². The van der Waals surface area contributed by atoms with Crippen molar-refractivity contribution in [1.82, 2.24) is 4.98 Å². The van der Waals surface area contributed by atoms with E-state index in [0.29, 0.717) is 5.25 Å². The average molecular weight is 263 g/mol. The molecule has 2 rings (SSSR count). The highest BCUT2D eigenvalue weighted by molar-refractivity contribution is 8.15. The minimum Gasteiger partial charge on any atom is -0.333 e. The summed E-state index contributed by atoms with van der Waals surface area (Å²) in [5.41, 5.74) is 2.08. The number of nitrogens with one attached hydrogen (secondary N) is 1. The summed E-state index contributed by atoms with van der Waals surface area (Å²) in [5, 5.41) is 5.08. The molecule has 1 unspecified atom stereocenters. The molecular formula is C14H21N3S. The number of rotatable bonds is 4. The molecule has 4 heteroatoms. The molecule has 2 heterocycles. The third-order valence-corrected chi connectivity index (χ3v) is 4.79. The second-order valence-electron chi connectivity index (χ2n) is 4.64. The lowest BCUT2D eigenvalue weighted by Gasteiger charge is -2.18. The number of anilines is 1.